The van der Waals surface area contributed by atoms with Crippen molar-refractivity contribution in [3.05, 3.63) is 59.1 Å². The number of thiazole rings is 1. The first-order chi connectivity index (χ1) is 15.9. The summed E-state index contributed by atoms with van der Waals surface area (Å²) in [6.07, 6.45) is 2.06. The summed E-state index contributed by atoms with van der Waals surface area (Å²) >= 11 is 2.68. The second-order valence-corrected chi connectivity index (χ2v) is 9.53. The van der Waals surface area contributed by atoms with Crippen molar-refractivity contribution in [2.24, 2.45) is 0 Å². The minimum atomic E-state index is -1.04. The zero-order valence-corrected chi connectivity index (χ0v) is 19.5. The lowest BCUT2D eigenvalue weighted by Crippen LogP contribution is -2.51. The fourth-order valence-electron chi connectivity index (χ4n) is 3.65. The van der Waals surface area contributed by atoms with Crippen LogP contribution >= 0.6 is 23.5 Å². The number of fused-ring (bicyclic) bond motifs is 1. The van der Waals surface area contributed by atoms with Gasteiger partial charge in [-0.1, -0.05) is 0 Å². The molecule has 174 valence electrons. The Bertz CT molecular complexity index is 1130. The Morgan fingerprint density at radius 3 is 2.64 bits per heavy atom. The van der Waals surface area contributed by atoms with Crippen LogP contribution in [0.4, 0.5) is 19.3 Å². The normalized spacial score (nSPS) is 14.9. The van der Waals surface area contributed by atoms with Crippen molar-refractivity contribution in [2.75, 3.05) is 25.0 Å². The third kappa shape index (κ3) is 5.98. The first-order valence-corrected chi connectivity index (χ1v) is 12.1. The molecule has 1 saturated heterocycles. The molecule has 0 aliphatic carbocycles. The standard InChI is InChI=1S/C22H23F2N5O2S2/c1-28(17-4-5-20-18(12-17)25-13-32-20)21(30)19(10-14-8-15(23)11-16(24)9-14)26-22(31)27-33-29-6-2-3-7-29/h4-5,8-9,11-13,19H,2-3,6-7,10H2,1H3,(H2,26,27,31). The van der Waals surface area contributed by atoms with Gasteiger partial charge in [0, 0.05) is 50.4 Å². The Morgan fingerprint density at radius 2 is 1.91 bits per heavy atom. The molecule has 1 unspecified atom stereocenters. The predicted molar refractivity (Wildman–Crippen MR) is 127 cm³/mol. The molecule has 1 aliphatic heterocycles. The number of hydrogen-bond donors (Lipinski definition) is 2. The fraction of sp³-hybridized carbons (Fsp3) is 0.318. The Morgan fingerprint density at radius 1 is 1.18 bits per heavy atom. The highest BCUT2D eigenvalue weighted by Gasteiger charge is 2.26. The molecule has 1 atom stereocenters. The highest BCUT2D eigenvalue weighted by molar-refractivity contribution is 7.95. The minimum absolute atomic E-state index is 0.0708. The number of aromatic nitrogens is 1. The molecule has 0 bridgehead atoms. The molecule has 3 aromatic rings. The minimum Gasteiger partial charge on any atom is -0.325 e. The van der Waals surface area contributed by atoms with E-state index in [1.165, 1.54) is 28.4 Å². The summed E-state index contributed by atoms with van der Waals surface area (Å²) in [6, 6.07) is 6.93. The van der Waals surface area contributed by atoms with Gasteiger partial charge < -0.3 is 10.2 Å². The van der Waals surface area contributed by atoms with Crippen LogP contribution in [0.1, 0.15) is 18.4 Å². The van der Waals surface area contributed by atoms with E-state index >= 15 is 0 Å². The molecular formula is C22H23F2N5O2S2. The van der Waals surface area contributed by atoms with Gasteiger partial charge in [0.25, 0.3) is 0 Å². The van der Waals surface area contributed by atoms with E-state index in [0.29, 0.717) is 5.69 Å². The molecule has 1 aliphatic rings. The highest BCUT2D eigenvalue weighted by Crippen LogP contribution is 2.24. The summed E-state index contributed by atoms with van der Waals surface area (Å²) in [4.78, 5) is 31.6. The van der Waals surface area contributed by atoms with Crippen molar-refractivity contribution in [3.63, 3.8) is 0 Å². The van der Waals surface area contributed by atoms with Crippen molar-refractivity contribution in [1.29, 1.82) is 0 Å². The SMILES string of the molecule is CN(C(=O)C(Cc1cc(F)cc(F)c1)NC(=O)NSN1CCCC1)c1ccc2scnc2c1. The molecule has 0 radical (unpaired) electrons. The molecule has 7 nitrogen and oxygen atoms in total. The van der Waals surface area contributed by atoms with Crippen LogP contribution in [0.25, 0.3) is 10.2 Å². The second-order valence-electron chi connectivity index (χ2n) is 7.74. The van der Waals surface area contributed by atoms with Gasteiger partial charge in [0.1, 0.15) is 17.7 Å². The van der Waals surface area contributed by atoms with Gasteiger partial charge in [0.15, 0.2) is 0 Å². The van der Waals surface area contributed by atoms with Crippen LogP contribution in [-0.2, 0) is 11.2 Å². The number of halogens is 2. The summed E-state index contributed by atoms with van der Waals surface area (Å²) in [5.74, 6) is -1.91. The van der Waals surface area contributed by atoms with Crippen molar-refractivity contribution >= 4 is 51.3 Å². The van der Waals surface area contributed by atoms with Crippen LogP contribution in [0.15, 0.2) is 41.9 Å². The first kappa shape index (κ1) is 23.4. The number of carbonyl (C=O) groups is 2. The Kier molecular flexibility index (Phi) is 7.41. The van der Waals surface area contributed by atoms with E-state index in [9.17, 15) is 18.4 Å². The molecule has 1 fully saturated rings. The summed E-state index contributed by atoms with van der Waals surface area (Å²) in [5, 5.41) is 2.66. The zero-order valence-electron chi connectivity index (χ0n) is 17.9. The summed E-state index contributed by atoms with van der Waals surface area (Å²) < 4.78 is 33.1. The van der Waals surface area contributed by atoms with E-state index in [1.54, 1.807) is 24.7 Å². The van der Waals surface area contributed by atoms with E-state index < -0.39 is 29.6 Å². The molecule has 2 N–H and O–H groups in total. The first-order valence-electron chi connectivity index (χ1n) is 10.4. The quantitative estimate of drug-likeness (QED) is 0.487. The number of likely N-dealkylation sites (N-methyl/N-ethyl adjacent to an activating group) is 1. The topological polar surface area (TPSA) is 77.6 Å². The van der Waals surface area contributed by atoms with Gasteiger partial charge in [-0.2, -0.15) is 0 Å². The van der Waals surface area contributed by atoms with Gasteiger partial charge >= 0.3 is 6.03 Å². The van der Waals surface area contributed by atoms with E-state index in [2.05, 4.69) is 15.0 Å². The predicted octanol–water partition coefficient (Wildman–Crippen LogP) is 4.11. The molecular weight excluding hydrogens is 468 g/mol. The summed E-state index contributed by atoms with van der Waals surface area (Å²) in [7, 11) is 1.59. The van der Waals surface area contributed by atoms with Crippen LogP contribution < -0.4 is 14.9 Å². The van der Waals surface area contributed by atoms with Gasteiger partial charge in [0.05, 0.1) is 15.7 Å². The van der Waals surface area contributed by atoms with Crippen LogP contribution in [-0.4, -0.2) is 47.4 Å². The maximum atomic E-state index is 13.7. The molecule has 1 aromatic heterocycles. The molecule has 2 heterocycles. The van der Waals surface area contributed by atoms with Gasteiger partial charge in [-0.15, -0.1) is 11.3 Å². The van der Waals surface area contributed by atoms with E-state index in [4.69, 9.17) is 0 Å². The summed E-state index contributed by atoms with van der Waals surface area (Å²) in [5.41, 5.74) is 3.35. The number of urea groups is 1. The van der Waals surface area contributed by atoms with Crippen LogP contribution in [0, 0.1) is 11.6 Å². The average molecular weight is 492 g/mol. The zero-order chi connectivity index (χ0) is 23.4. The largest absolute Gasteiger partial charge is 0.326 e. The van der Waals surface area contributed by atoms with Crippen molar-refractivity contribution in [2.45, 2.75) is 25.3 Å². The monoisotopic (exact) mass is 491 g/mol. The molecule has 4 rings (SSSR count). The van der Waals surface area contributed by atoms with Crippen LogP contribution in [0.3, 0.4) is 0 Å². The van der Waals surface area contributed by atoms with Crippen LogP contribution in [0.2, 0.25) is 0 Å². The van der Waals surface area contributed by atoms with Gasteiger partial charge in [-0.25, -0.2) is 22.9 Å². The number of hydrogen-bond acceptors (Lipinski definition) is 6. The average Bonchev–Trinajstić information content (AvgIpc) is 3.47. The fourth-order valence-corrected chi connectivity index (χ4v) is 5.02. The molecule has 11 heteroatoms. The third-order valence-corrected chi connectivity index (χ3v) is 7.04. The van der Waals surface area contributed by atoms with Crippen molar-refractivity contribution < 1.29 is 18.4 Å². The number of nitrogens with one attached hydrogen (secondary N) is 2. The number of carbonyl (C=O) groups excluding carboxylic acids is 2. The van der Waals surface area contributed by atoms with Gasteiger partial charge in [-0.3, -0.25) is 9.52 Å². The Balaban J connectivity index is 1.51. The molecule has 2 aromatic carbocycles. The van der Waals surface area contributed by atoms with E-state index in [-0.39, 0.29) is 12.0 Å². The lowest BCUT2D eigenvalue weighted by molar-refractivity contribution is -0.120. The van der Waals surface area contributed by atoms with E-state index in [0.717, 1.165) is 54.3 Å². The number of amides is 3. The van der Waals surface area contributed by atoms with Crippen molar-refractivity contribution in [1.82, 2.24) is 19.3 Å². The lowest BCUT2D eigenvalue weighted by Gasteiger charge is -2.25. The molecule has 0 spiro atoms. The third-order valence-electron chi connectivity index (χ3n) is 5.33. The molecule has 0 saturated carbocycles. The van der Waals surface area contributed by atoms with Gasteiger partial charge in [0.2, 0.25) is 5.91 Å². The second kappa shape index (κ2) is 10.4. The highest BCUT2D eigenvalue weighted by atomic mass is 32.2. The smallest absolute Gasteiger partial charge is 0.325 e. The maximum absolute atomic E-state index is 13.7. The number of benzene rings is 2. The van der Waals surface area contributed by atoms with E-state index in [1.807, 2.05) is 10.4 Å². The summed E-state index contributed by atoms with van der Waals surface area (Å²) in [6.45, 7) is 1.75. The maximum Gasteiger partial charge on any atom is 0.326 e. The van der Waals surface area contributed by atoms with Crippen LogP contribution in [0.5, 0.6) is 0 Å². The van der Waals surface area contributed by atoms with Gasteiger partial charge in [-0.05, 0) is 48.7 Å². The lowest BCUT2D eigenvalue weighted by atomic mass is 10.0. The molecule has 3 amide bonds. The number of anilines is 1. The van der Waals surface area contributed by atoms with Crippen molar-refractivity contribution in [3.8, 4) is 0 Å². The number of rotatable bonds is 7. The number of nitrogens with zero attached hydrogens (tertiary/aromatic N) is 3. The Labute approximate surface area is 198 Å². The molecule has 33 heavy (non-hydrogen) atoms. The Hall–Kier alpha value is -2.76.